The van der Waals surface area contributed by atoms with Gasteiger partial charge in [-0.3, -0.25) is 0 Å². The molecule has 0 saturated carbocycles. The zero-order valence-corrected chi connectivity index (χ0v) is 8.03. The number of hydrogen-bond acceptors (Lipinski definition) is 2. The summed E-state index contributed by atoms with van der Waals surface area (Å²) < 4.78 is 0. The van der Waals surface area contributed by atoms with E-state index in [0.29, 0.717) is 5.41 Å². The Hall–Kier alpha value is -0.460. The van der Waals surface area contributed by atoms with Gasteiger partial charge in [-0.1, -0.05) is 32.5 Å². The van der Waals surface area contributed by atoms with Crippen LogP contribution in [0.4, 0.5) is 0 Å². The molecule has 1 nitrogen and oxygen atoms in total. The van der Waals surface area contributed by atoms with Crippen molar-refractivity contribution in [2.24, 2.45) is 10.4 Å². The molecule has 1 rings (SSSR count). The summed E-state index contributed by atoms with van der Waals surface area (Å²) in [6.45, 7) is 6.64. The molecule has 0 aromatic carbocycles. The highest BCUT2D eigenvalue weighted by Gasteiger charge is 2.12. The van der Waals surface area contributed by atoms with E-state index in [9.17, 15) is 0 Å². The SMILES string of the molecule is CC(C)(C)CC1=CSC=C=N1. The van der Waals surface area contributed by atoms with Gasteiger partial charge in [0.1, 0.15) is 0 Å². The lowest BCUT2D eigenvalue weighted by molar-refractivity contribution is 0.408. The van der Waals surface area contributed by atoms with Crippen molar-refractivity contribution < 1.29 is 0 Å². The summed E-state index contributed by atoms with van der Waals surface area (Å²) >= 11 is 1.65. The molecule has 0 radical (unpaired) electrons. The molecule has 0 spiro atoms. The summed E-state index contributed by atoms with van der Waals surface area (Å²) in [6.07, 6.45) is 1.03. The molecule has 0 atom stereocenters. The summed E-state index contributed by atoms with van der Waals surface area (Å²) in [6, 6.07) is 0. The summed E-state index contributed by atoms with van der Waals surface area (Å²) in [5.74, 6) is 2.85. The van der Waals surface area contributed by atoms with Crippen molar-refractivity contribution in [2.75, 3.05) is 0 Å². The van der Waals surface area contributed by atoms with Crippen molar-refractivity contribution in [1.82, 2.24) is 0 Å². The monoisotopic (exact) mass is 167 g/mol. The molecule has 1 aliphatic heterocycles. The van der Waals surface area contributed by atoms with Gasteiger partial charge in [0.25, 0.3) is 0 Å². The molecular formula is C9H13NS. The van der Waals surface area contributed by atoms with E-state index >= 15 is 0 Å². The van der Waals surface area contributed by atoms with Crippen LogP contribution in [0.2, 0.25) is 0 Å². The number of allylic oxidation sites excluding steroid dienone is 1. The first-order valence-electron chi connectivity index (χ1n) is 3.70. The van der Waals surface area contributed by atoms with E-state index in [2.05, 4.69) is 37.0 Å². The number of rotatable bonds is 1. The molecule has 2 heteroatoms. The van der Waals surface area contributed by atoms with Gasteiger partial charge in [0.2, 0.25) is 0 Å². The van der Waals surface area contributed by atoms with Crippen molar-refractivity contribution in [2.45, 2.75) is 27.2 Å². The van der Waals surface area contributed by atoms with Crippen molar-refractivity contribution in [1.29, 1.82) is 0 Å². The topological polar surface area (TPSA) is 12.4 Å². The molecule has 1 heterocycles. The van der Waals surface area contributed by atoms with E-state index in [1.165, 1.54) is 0 Å². The Balaban J connectivity index is 2.58. The normalized spacial score (nSPS) is 16.8. The molecule has 60 valence electrons. The van der Waals surface area contributed by atoms with Crippen LogP contribution in [0.5, 0.6) is 0 Å². The second kappa shape index (κ2) is 3.29. The first-order valence-corrected chi connectivity index (χ1v) is 4.65. The van der Waals surface area contributed by atoms with Gasteiger partial charge in [0, 0.05) is 5.41 Å². The van der Waals surface area contributed by atoms with Crippen LogP contribution in [0, 0.1) is 5.41 Å². The van der Waals surface area contributed by atoms with Crippen molar-refractivity contribution in [3.8, 4) is 0 Å². The third kappa shape index (κ3) is 3.45. The summed E-state index contributed by atoms with van der Waals surface area (Å²) in [5, 5.41) is 3.95. The maximum absolute atomic E-state index is 4.15. The lowest BCUT2D eigenvalue weighted by Crippen LogP contribution is -2.05. The van der Waals surface area contributed by atoms with Crippen molar-refractivity contribution in [3.05, 3.63) is 16.5 Å². The average molecular weight is 167 g/mol. The molecule has 0 unspecified atom stereocenters. The fourth-order valence-corrected chi connectivity index (χ4v) is 1.38. The quantitative estimate of drug-likeness (QED) is 0.584. The third-order valence-corrected chi connectivity index (χ3v) is 1.89. The number of hydrogen-bond donors (Lipinski definition) is 0. The second-order valence-electron chi connectivity index (χ2n) is 3.84. The molecule has 0 aromatic heterocycles. The average Bonchev–Trinajstić information content (AvgIpc) is 1.85. The maximum Gasteiger partial charge on any atom is 0.0575 e. The lowest BCUT2D eigenvalue weighted by Gasteiger charge is -2.17. The fraction of sp³-hybridized carbons (Fsp3) is 0.556. The Morgan fingerprint density at radius 2 is 2.27 bits per heavy atom. The predicted octanol–water partition coefficient (Wildman–Crippen LogP) is 3.19. The Morgan fingerprint density at radius 3 is 2.73 bits per heavy atom. The van der Waals surface area contributed by atoms with Gasteiger partial charge in [0.05, 0.1) is 5.70 Å². The molecular weight excluding hydrogens is 154 g/mol. The Morgan fingerprint density at radius 1 is 1.55 bits per heavy atom. The van der Waals surface area contributed by atoms with Crippen LogP contribution in [-0.2, 0) is 0 Å². The van der Waals surface area contributed by atoms with E-state index in [0.717, 1.165) is 12.1 Å². The van der Waals surface area contributed by atoms with Crippen LogP contribution in [0.3, 0.4) is 0 Å². The third-order valence-electron chi connectivity index (χ3n) is 1.24. The zero-order chi connectivity index (χ0) is 8.32. The van der Waals surface area contributed by atoms with Crippen LogP contribution in [0.1, 0.15) is 27.2 Å². The van der Waals surface area contributed by atoms with Crippen LogP contribution < -0.4 is 0 Å². The van der Waals surface area contributed by atoms with Gasteiger partial charge in [-0.15, -0.1) is 0 Å². The number of aliphatic imine (C=N–C) groups is 1. The highest BCUT2D eigenvalue weighted by Crippen LogP contribution is 2.27. The van der Waals surface area contributed by atoms with Gasteiger partial charge in [-0.05, 0) is 23.1 Å². The van der Waals surface area contributed by atoms with E-state index in [4.69, 9.17) is 0 Å². The van der Waals surface area contributed by atoms with Gasteiger partial charge < -0.3 is 0 Å². The molecule has 11 heavy (non-hydrogen) atoms. The maximum atomic E-state index is 4.15. The van der Waals surface area contributed by atoms with Gasteiger partial charge in [0.15, 0.2) is 0 Å². The van der Waals surface area contributed by atoms with E-state index in [1.807, 2.05) is 5.41 Å². The predicted molar refractivity (Wildman–Crippen MR) is 51.8 cm³/mol. The summed E-state index contributed by atoms with van der Waals surface area (Å²) in [7, 11) is 0. The van der Waals surface area contributed by atoms with Gasteiger partial charge in [-0.25, -0.2) is 4.99 Å². The van der Waals surface area contributed by atoms with Crippen LogP contribution in [-0.4, -0.2) is 5.87 Å². The molecule has 0 saturated heterocycles. The van der Waals surface area contributed by atoms with Gasteiger partial charge in [-0.2, -0.15) is 0 Å². The first kappa shape index (κ1) is 8.63. The smallest absolute Gasteiger partial charge is 0.0575 e. The van der Waals surface area contributed by atoms with E-state index in [-0.39, 0.29) is 0 Å². The van der Waals surface area contributed by atoms with E-state index < -0.39 is 0 Å². The standard InChI is InChI=1S/C9H13NS/c1-9(2,3)6-8-7-11-5-4-10-8/h5,7H,6H2,1-3H3. The Bertz CT molecular complexity index is 226. The molecule has 0 aromatic rings. The molecule has 0 fully saturated rings. The second-order valence-corrected chi connectivity index (χ2v) is 4.59. The fourth-order valence-electron chi connectivity index (χ4n) is 0.903. The molecule has 0 amide bonds. The summed E-state index contributed by atoms with van der Waals surface area (Å²) in [5.41, 5.74) is 1.47. The van der Waals surface area contributed by atoms with Crippen LogP contribution in [0.15, 0.2) is 21.5 Å². The van der Waals surface area contributed by atoms with Gasteiger partial charge >= 0.3 is 0 Å². The van der Waals surface area contributed by atoms with Crippen LogP contribution >= 0.6 is 11.8 Å². The van der Waals surface area contributed by atoms with E-state index in [1.54, 1.807) is 11.8 Å². The molecule has 1 aliphatic rings. The largest absolute Gasteiger partial charge is 0.210 e. The summed E-state index contributed by atoms with van der Waals surface area (Å²) in [4.78, 5) is 4.15. The minimum absolute atomic E-state index is 0.328. The first-order chi connectivity index (χ1) is 5.08. The number of nitrogens with zero attached hydrogens (tertiary/aromatic N) is 1. The minimum Gasteiger partial charge on any atom is -0.210 e. The van der Waals surface area contributed by atoms with Crippen LogP contribution in [0.25, 0.3) is 0 Å². The highest BCUT2D eigenvalue weighted by molar-refractivity contribution is 8.05. The zero-order valence-electron chi connectivity index (χ0n) is 7.22. The molecule has 0 N–H and O–H groups in total. The lowest BCUT2D eigenvalue weighted by atomic mass is 9.91. The van der Waals surface area contributed by atoms with Crippen molar-refractivity contribution in [3.63, 3.8) is 0 Å². The van der Waals surface area contributed by atoms with Crippen molar-refractivity contribution >= 4 is 17.6 Å². The molecule has 0 bridgehead atoms. The highest BCUT2D eigenvalue weighted by atomic mass is 32.2. The number of thioether (sulfide) groups is 1. The molecule has 0 aliphatic carbocycles. The minimum atomic E-state index is 0.328. The Labute approximate surface area is 72.3 Å². The Kier molecular flexibility index (Phi) is 2.58.